The molecule has 1 atom stereocenters. The average Bonchev–Trinajstić information content (AvgIpc) is 3.58. The van der Waals surface area contributed by atoms with Crippen molar-refractivity contribution in [2.75, 3.05) is 5.32 Å². The lowest BCUT2D eigenvalue weighted by Crippen LogP contribution is -2.45. The number of nitrogens with one attached hydrogen (secondary N) is 3. The third-order valence-electron chi connectivity index (χ3n) is 7.64. The first kappa shape index (κ1) is 31.3. The maximum absolute atomic E-state index is 13.7. The number of hydrogen-bond acceptors (Lipinski definition) is 6. The average molecular weight is 628 g/mol. The van der Waals surface area contributed by atoms with Crippen molar-refractivity contribution < 1.29 is 14.7 Å². The lowest BCUT2D eigenvalue weighted by molar-refractivity contribution is -0.118. The van der Waals surface area contributed by atoms with Gasteiger partial charge in [-0.25, -0.2) is 0 Å². The van der Waals surface area contributed by atoms with E-state index in [1.54, 1.807) is 48.1 Å². The van der Waals surface area contributed by atoms with E-state index in [0.29, 0.717) is 21.8 Å². The zero-order chi connectivity index (χ0) is 32.4. The first-order valence-electron chi connectivity index (χ1n) is 14.4. The zero-order valence-electron chi connectivity index (χ0n) is 25.6. The molecule has 0 spiro atoms. The van der Waals surface area contributed by atoms with Crippen LogP contribution in [0.2, 0.25) is 5.02 Å². The van der Waals surface area contributed by atoms with Gasteiger partial charge in [0.25, 0.3) is 11.5 Å². The van der Waals surface area contributed by atoms with Crippen LogP contribution < -0.4 is 16.2 Å². The fourth-order valence-corrected chi connectivity index (χ4v) is 5.44. The monoisotopic (exact) mass is 627 g/mol. The minimum Gasteiger partial charge on any atom is -0.507 e. The molecule has 0 radical (unpaired) electrons. The van der Waals surface area contributed by atoms with Crippen LogP contribution in [0.15, 0.2) is 71.8 Å². The molecule has 45 heavy (non-hydrogen) atoms. The predicted octanol–water partition coefficient (Wildman–Crippen LogP) is 5.18. The molecule has 0 bridgehead atoms. The molecule has 0 fully saturated rings. The number of halogens is 1. The van der Waals surface area contributed by atoms with Gasteiger partial charge in [0.2, 0.25) is 5.91 Å². The summed E-state index contributed by atoms with van der Waals surface area (Å²) in [7, 11) is 1.63. The molecule has 0 saturated heterocycles. The van der Waals surface area contributed by atoms with Crippen molar-refractivity contribution in [2.45, 2.75) is 46.2 Å². The number of nitrogens with zero attached hydrogens (tertiary/aromatic N) is 4. The topological polar surface area (TPSA) is 147 Å². The molecule has 2 amide bonds. The Hall–Kier alpha value is -5.16. The van der Waals surface area contributed by atoms with Gasteiger partial charge in [-0.1, -0.05) is 17.7 Å². The van der Waals surface area contributed by atoms with Gasteiger partial charge in [-0.15, -0.1) is 0 Å². The number of aryl methyl sites for hydroxylation is 3. The van der Waals surface area contributed by atoms with Crippen LogP contribution in [0.25, 0.3) is 22.3 Å². The van der Waals surface area contributed by atoms with Gasteiger partial charge in [0, 0.05) is 71.6 Å². The minimum absolute atomic E-state index is 0.0271. The van der Waals surface area contributed by atoms with Gasteiger partial charge in [0.15, 0.2) is 0 Å². The number of benzene rings is 2. The van der Waals surface area contributed by atoms with Crippen molar-refractivity contribution in [1.29, 1.82) is 0 Å². The van der Waals surface area contributed by atoms with E-state index in [-0.39, 0.29) is 29.5 Å². The number of hydrogen-bond donors (Lipinski definition) is 4. The SMILES string of the molecule is Cc1n[nH]c(C)c1-c1ccc(NC(=O)[C@H](Cc2cc(-c3ccc(=O)n(C(C)C)c3)ccc2Cl)NC(=O)c2ccnn2C)cc1O. The molecule has 0 saturated carbocycles. The van der Waals surface area contributed by atoms with E-state index in [1.165, 1.54) is 23.0 Å². The van der Waals surface area contributed by atoms with Crippen molar-refractivity contribution in [3.05, 3.63) is 105 Å². The van der Waals surface area contributed by atoms with Gasteiger partial charge in [-0.3, -0.25) is 24.2 Å². The number of carbonyl (C=O) groups is 2. The van der Waals surface area contributed by atoms with Crippen molar-refractivity contribution >= 4 is 29.1 Å². The van der Waals surface area contributed by atoms with Gasteiger partial charge in [-0.05, 0) is 80.8 Å². The summed E-state index contributed by atoms with van der Waals surface area (Å²) in [6.45, 7) is 7.56. The highest BCUT2D eigenvalue weighted by Crippen LogP contribution is 2.35. The molecular weight excluding hydrogens is 594 g/mol. The Balaban J connectivity index is 1.45. The zero-order valence-corrected chi connectivity index (χ0v) is 26.3. The third-order valence-corrected chi connectivity index (χ3v) is 8.00. The lowest BCUT2D eigenvalue weighted by atomic mass is 9.99. The number of aromatic hydroxyl groups is 1. The number of phenolic OH excluding ortho intramolecular Hbond substituents is 1. The van der Waals surface area contributed by atoms with E-state index in [0.717, 1.165) is 28.1 Å². The second-order valence-corrected chi connectivity index (χ2v) is 11.6. The largest absolute Gasteiger partial charge is 0.507 e. The molecule has 4 N–H and O–H groups in total. The van der Waals surface area contributed by atoms with E-state index in [2.05, 4.69) is 25.9 Å². The van der Waals surface area contributed by atoms with Crippen LogP contribution in [0.1, 0.15) is 47.3 Å². The van der Waals surface area contributed by atoms with Crippen LogP contribution in [0, 0.1) is 13.8 Å². The summed E-state index contributed by atoms with van der Waals surface area (Å²) in [5, 5.41) is 28.0. The fourth-order valence-electron chi connectivity index (χ4n) is 5.24. The molecule has 5 rings (SSSR count). The van der Waals surface area contributed by atoms with Crippen LogP contribution in [0.4, 0.5) is 5.69 Å². The van der Waals surface area contributed by atoms with Gasteiger partial charge >= 0.3 is 0 Å². The molecular formula is C33H34ClN7O4. The van der Waals surface area contributed by atoms with E-state index >= 15 is 0 Å². The van der Waals surface area contributed by atoms with Crippen molar-refractivity contribution in [1.82, 2.24) is 29.9 Å². The number of aromatic nitrogens is 5. The highest BCUT2D eigenvalue weighted by atomic mass is 35.5. The minimum atomic E-state index is -1.05. The highest BCUT2D eigenvalue weighted by Gasteiger charge is 2.25. The van der Waals surface area contributed by atoms with Crippen LogP contribution in [0.5, 0.6) is 5.75 Å². The molecule has 232 valence electrons. The summed E-state index contributed by atoms with van der Waals surface area (Å²) in [4.78, 5) is 39.3. The van der Waals surface area contributed by atoms with Crippen LogP contribution in [0.3, 0.4) is 0 Å². The molecule has 0 unspecified atom stereocenters. The first-order valence-corrected chi connectivity index (χ1v) is 14.8. The second-order valence-electron chi connectivity index (χ2n) is 11.2. The molecule has 12 heteroatoms. The molecule has 0 aliphatic rings. The van der Waals surface area contributed by atoms with Gasteiger partial charge < -0.3 is 20.3 Å². The normalized spacial score (nSPS) is 11.9. The number of H-pyrrole nitrogens is 1. The Bertz CT molecular complexity index is 1940. The Morgan fingerprint density at radius 3 is 2.44 bits per heavy atom. The van der Waals surface area contributed by atoms with Crippen LogP contribution in [-0.4, -0.2) is 47.5 Å². The van der Waals surface area contributed by atoms with Gasteiger partial charge in [0.05, 0.1) is 5.69 Å². The molecule has 0 aliphatic heterocycles. The van der Waals surface area contributed by atoms with Crippen molar-refractivity contribution in [3.63, 3.8) is 0 Å². The maximum atomic E-state index is 13.7. The second kappa shape index (κ2) is 12.8. The molecule has 2 aromatic carbocycles. The molecule has 3 aromatic heterocycles. The summed E-state index contributed by atoms with van der Waals surface area (Å²) in [5.74, 6) is -1.03. The number of rotatable bonds is 9. The number of pyridine rings is 1. The Labute approximate surface area is 264 Å². The van der Waals surface area contributed by atoms with E-state index in [9.17, 15) is 19.5 Å². The Morgan fingerprint density at radius 2 is 1.80 bits per heavy atom. The van der Waals surface area contributed by atoms with Crippen molar-refractivity contribution in [2.24, 2.45) is 7.05 Å². The Kier molecular flexibility index (Phi) is 8.92. The van der Waals surface area contributed by atoms with E-state index < -0.39 is 17.9 Å². The highest BCUT2D eigenvalue weighted by molar-refractivity contribution is 6.31. The van der Waals surface area contributed by atoms with Crippen LogP contribution in [-0.2, 0) is 18.3 Å². The standard InChI is InChI=1S/C33H34ClN7O4/c1-18(2)41-17-22(7-11-30(41)43)21-6-10-26(34)23(14-21)15-27(37-33(45)28-12-13-35-40(28)5)32(44)36-24-8-9-25(29(42)16-24)31-19(3)38-39-20(31)4/h6-14,16-18,27,42H,15H2,1-5H3,(H,36,44)(H,37,45)(H,38,39)/t27-/m0/s1. The number of phenols is 1. The number of anilines is 1. The summed E-state index contributed by atoms with van der Waals surface area (Å²) in [6.07, 6.45) is 3.34. The summed E-state index contributed by atoms with van der Waals surface area (Å²) < 4.78 is 3.06. The lowest BCUT2D eigenvalue weighted by Gasteiger charge is -2.20. The van der Waals surface area contributed by atoms with Gasteiger partial charge in [0.1, 0.15) is 17.5 Å². The molecule has 5 aromatic rings. The third kappa shape index (κ3) is 6.68. The first-order chi connectivity index (χ1) is 21.4. The van der Waals surface area contributed by atoms with Gasteiger partial charge in [-0.2, -0.15) is 10.2 Å². The molecule has 11 nitrogen and oxygen atoms in total. The quantitative estimate of drug-likeness (QED) is 0.177. The van der Waals surface area contributed by atoms with Crippen LogP contribution >= 0.6 is 11.6 Å². The van der Waals surface area contributed by atoms with Crippen molar-refractivity contribution in [3.8, 4) is 28.0 Å². The summed E-state index contributed by atoms with van der Waals surface area (Å²) in [6, 6.07) is 14.0. The number of aromatic amines is 1. The number of carbonyl (C=O) groups excluding carboxylic acids is 2. The fraction of sp³-hybridized carbons (Fsp3) is 0.242. The Morgan fingerprint density at radius 1 is 1.04 bits per heavy atom. The van der Waals surface area contributed by atoms with E-state index in [1.807, 2.05) is 39.8 Å². The molecule has 3 heterocycles. The number of amides is 2. The summed E-state index contributed by atoms with van der Waals surface area (Å²) >= 11 is 6.62. The molecule has 0 aliphatic carbocycles. The summed E-state index contributed by atoms with van der Waals surface area (Å²) in [5.41, 5.74) is 5.63. The predicted molar refractivity (Wildman–Crippen MR) is 173 cm³/mol. The van der Waals surface area contributed by atoms with E-state index in [4.69, 9.17) is 11.6 Å². The maximum Gasteiger partial charge on any atom is 0.270 e. The smallest absolute Gasteiger partial charge is 0.270 e.